The SMILES string of the molecule is CCNC(=NCc1cccc(N2CCCC2=O)c1)N1CC2C3CCC(O3)C2C1. The summed E-state index contributed by atoms with van der Waals surface area (Å²) in [4.78, 5) is 21.3. The van der Waals surface area contributed by atoms with Crippen molar-refractivity contribution in [2.24, 2.45) is 16.8 Å². The minimum Gasteiger partial charge on any atom is -0.374 e. The van der Waals surface area contributed by atoms with Crippen molar-refractivity contribution in [1.82, 2.24) is 10.2 Å². The van der Waals surface area contributed by atoms with Gasteiger partial charge in [0.05, 0.1) is 18.8 Å². The summed E-state index contributed by atoms with van der Waals surface area (Å²) < 4.78 is 6.11. The largest absolute Gasteiger partial charge is 0.374 e. The van der Waals surface area contributed by atoms with Crippen molar-refractivity contribution in [2.75, 3.05) is 31.1 Å². The van der Waals surface area contributed by atoms with Crippen molar-refractivity contribution in [3.63, 3.8) is 0 Å². The Hall–Kier alpha value is -2.08. The average Bonchev–Trinajstić information content (AvgIpc) is 3.46. The van der Waals surface area contributed by atoms with Gasteiger partial charge >= 0.3 is 0 Å². The zero-order chi connectivity index (χ0) is 19.1. The van der Waals surface area contributed by atoms with Crippen molar-refractivity contribution in [3.05, 3.63) is 29.8 Å². The average molecular weight is 383 g/mol. The standard InChI is InChI=1S/C22H30N4O2/c1-2-23-22(25-13-17-18(14-25)20-9-8-19(17)28-20)24-12-15-5-3-6-16(11-15)26-10-4-7-21(26)27/h3,5-6,11,17-20H,2,4,7-10,12-14H2,1H3,(H,23,24). The van der Waals surface area contributed by atoms with E-state index in [9.17, 15) is 4.79 Å². The predicted molar refractivity (Wildman–Crippen MR) is 109 cm³/mol. The van der Waals surface area contributed by atoms with Gasteiger partial charge in [0.25, 0.3) is 0 Å². The molecule has 4 aliphatic heterocycles. The fourth-order valence-electron chi connectivity index (χ4n) is 5.47. The Labute approximate surface area is 166 Å². The molecule has 1 N–H and O–H groups in total. The van der Waals surface area contributed by atoms with Crippen molar-refractivity contribution in [2.45, 2.75) is 51.4 Å². The number of nitrogens with zero attached hydrogens (tertiary/aromatic N) is 3. The first kappa shape index (κ1) is 18.0. The highest BCUT2D eigenvalue weighted by Gasteiger charge is 2.53. The Kier molecular flexibility index (Phi) is 4.75. The number of rotatable bonds is 4. The van der Waals surface area contributed by atoms with Gasteiger partial charge in [-0.05, 0) is 43.9 Å². The van der Waals surface area contributed by atoms with E-state index in [-0.39, 0.29) is 5.91 Å². The number of hydrogen-bond acceptors (Lipinski definition) is 3. The van der Waals surface area contributed by atoms with Crippen LogP contribution in [-0.4, -0.2) is 55.2 Å². The molecule has 0 radical (unpaired) electrons. The summed E-state index contributed by atoms with van der Waals surface area (Å²) in [5.41, 5.74) is 2.15. The third-order valence-electron chi connectivity index (χ3n) is 6.79. The van der Waals surface area contributed by atoms with E-state index in [1.807, 2.05) is 17.0 Å². The van der Waals surface area contributed by atoms with E-state index >= 15 is 0 Å². The Balaban J connectivity index is 1.29. The molecule has 6 heteroatoms. The van der Waals surface area contributed by atoms with E-state index in [4.69, 9.17) is 9.73 Å². The molecule has 4 heterocycles. The lowest BCUT2D eigenvalue weighted by molar-refractivity contribution is -0.117. The summed E-state index contributed by atoms with van der Waals surface area (Å²) in [7, 11) is 0. The number of ether oxygens (including phenoxy) is 1. The molecule has 4 atom stereocenters. The van der Waals surface area contributed by atoms with Gasteiger partial charge in [-0.3, -0.25) is 4.79 Å². The van der Waals surface area contributed by atoms with Crippen LogP contribution in [0, 0.1) is 11.8 Å². The van der Waals surface area contributed by atoms with Crippen molar-refractivity contribution in [3.8, 4) is 0 Å². The molecule has 4 saturated heterocycles. The number of carbonyl (C=O) groups excluding carboxylic acids is 1. The van der Waals surface area contributed by atoms with Gasteiger partial charge in [-0.25, -0.2) is 4.99 Å². The highest BCUT2D eigenvalue weighted by Crippen LogP contribution is 2.47. The Morgan fingerprint density at radius 3 is 2.71 bits per heavy atom. The van der Waals surface area contributed by atoms with E-state index in [1.54, 1.807) is 0 Å². The lowest BCUT2D eigenvalue weighted by atomic mass is 9.82. The number of carbonyl (C=O) groups is 1. The minimum absolute atomic E-state index is 0.231. The molecule has 0 saturated carbocycles. The molecule has 1 amide bonds. The highest BCUT2D eigenvalue weighted by atomic mass is 16.5. The van der Waals surface area contributed by atoms with E-state index in [1.165, 1.54) is 12.8 Å². The van der Waals surface area contributed by atoms with Crippen LogP contribution in [0.3, 0.4) is 0 Å². The number of fused-ring (bicyclic) bond motifs is 5. The van der Waals surface area contributed by atoms with Crippen LogP contribution in [0.2, 0.25) is 0 Å². The maximum atomic E-state index is 12.0. The summed E-state index contributed by atoms with van der Waals surface area (Å²) in [5.74, 6) is 2.59. The number of anilines is 1. The van der Waals surface area contributed by atoms with Crippen LogP contribution in [-0.2, 0) is 16.1 Å². The van der Waals surface area contributed by atoms with Crippen molar-refractivity contribution < 1.29 is 9.53 Å². The Bertz CT molecular complexity index is 762. The molecule has 28 heavy (non-hydrogen) atoms. The molecule has 0 aliphatic carbocycles. The van der Waals surface area contributed by atoms with Crippen LogP contribution in [0.25, 0.3) is 0 Å². The zero-order valence-corrected chi connectivity index (χ0v) is 16.6. The zero-order valence-electron chi connectivity index (χ0n) is 16.6. The maximum Gasteiger partial charge on any atom is 0.227 e. The highest BCUT2D eigenvalue weighted by molar-refractivity contribution is 5.95. The van der Waals surface area contributed by atoms with E-state index in [0.29, 0.717) is 37.0 Å². The second kappa shape index (κ2) is 7.39. The molecule has 1 aromatic rings. The lowest BCUT2D eigenvalue weighted by Crippen LogP contribution is -2.41. The number of benzene rings is 1. The van der Waals surface area contributed by atoms with Crippen LogP contribution in [0.4, 0.5) is 5.69 Å². The first-order valence-electron chi connectivity index (χ1n) is 10.8. The second-order valence-electron chi connectivity index (χ2n) is 8.51. The van der Waals surface area contributed by atoms with Crippen molar-refractivity contribution in [1.29, 1.82) is 0 Å². The summed E-state index contributed by atoms with van der Waals surface area (Å²) >= 11 is 0. The molecule has 150 valence electrons. The number of nitrogens with one attached hydrogen (secondary N) is 1. The number of amides is 1. The second-order valence-corrected chi connectivity index (χ2v) is 8.51. The van der Waals surface area contributed by atoms with Crippen LogP contribution >= 0.6 is 0 Å². The van der Waals surface area contributed by atoms with Gasteiger partial charge in [0.15, 0.2) is 5.96 Å². The minimum atomic E-state index is 0.231. The van der Waals surface area contributed by atoms with Crippen molar-refractivity contribution >= 4 is 17.6 Å². The fourth-order valence-corrected chi connectivity index (χ4v) is 5.47. The summed E-state index contributed by atoms with van der Waals surface area (Å²) in [6.45, 7) is 6.57. The number of guanidine groups is 1. The topological polar surface area (TPSA) is 57.2 Å². The molecular formula is C22H30N4O2. The molecule has 4 unspecified atom stereocenters. The van der Waals surface area contributed by atoms with Crippen LogP contribution in [0.1, 0.15) is 38.2 Å². The number of aliphatic imine (C=N–C) groups is 1. The summed E-state index contributed by atoms with van der Waals surface area (Å²) in [5, 5.41) is 3.48. The Morgan fingerprint density at radius 2 is 2.04 bits per heavy atom. The Morgan fingerprint density at radius 1 is 1.25 bits per heavy atom. The molecule has 0 aromatic heterocycles. The molecule has 5 rings (SSSR count). The van der Waals surface area contributed by atoms with Gasteiger partial charge in [-0.1, -0.05) is 12.1 Å². The predicted octanol–water partition coefficient (Wildman–Crippen LogP) is 2.39. The first-order valence-corrected chi connectivity index (χ1v) is 10.8. The van der Waals surface area contributed by atoms with Gasteiger partial charge in [0, 0.05) is 50.1 Å². The molecule has 0 spiro atoms. The normalized spacial score (nSPS) is 31.8. The van der Waals surface area contributed by atoms with Gasteiger partial charge in [-0.15, -0.1) is 0 Å². The molecule has 2 bridgehead atoms. The third-order valence-corrected chi connectivity index (χ3v) is 6.79. The van der Waals surface area contributed by atoms with E-state index in [0.717, 1.165) is 49.8 Å². The monoisotopic (exact) mass is 382 g/mol. The smallest absolute Gasteiger partial charge is 0.227 e. The summed E-state index contributed by atoms with van der Waals surface area (Å²) in [6.07, 6.45) is 5.02. The molecular weight excluding hydrogens is 352 g/mol. The maximum absolute atomic E-state index is 12.0. The van der Waals surface area contributed by atoms with E-state index in [2.05, 4.69) is 29.3 Å². The van der Waals surface area contributed by atoms with Crippen LogP contribution in [0.15, 0.2) is 29.3 Å². The molecule has 4 aliphatic rings. The first-order chi connectivity index (χ1) is 13.7. The van der Waals surface area contributed by atoms with Gasteiger partial charge in [-0.2, -0.15) is 0 Å². The van der Waals surface area contributed by atoms with Gasteiger partial charge < -0.3 is 19.9 Å². The lowest BCUT2D eigenvalue weighted by Gasteiger charge is -2.23. The quantitative estimate of drug-likeness (QED) is 0.642. The molecule has 4 fully saturated rings. The summed E-state index contributed by atoms with van der Waals surface area (Å²) in [6, 6.07) is 8.28. The third kappa shape index (κ3) is 3.17. The number of likely N-dealkylation sites (tertiary alicyclic amines) is 1. The van der Waals surface area contributed by atoms with Gasteiger partial charge in [0.2, 0.25) is 5.91 Å². The van der Waals surface area contributed by atoms with Gasteiger partial charge in [0.1, 0.15) is 0 Å². The molecule has 1 aromatic carbocycles. The van der Waals surface area contributed by atoms with E-state index < -0.39 is 0 Å². The van der Waals surface area contributed by atoms with Crippen LogP contribution in [0.5, 0.6) is 0 Å². The fraction of sp³-hybridized carbons (Fsp3) is 0.636. The number of hydrogen-bond donors (Lipinski definition) is 1. The van der Waals surface area contributed by atoms with Crippen LogP contribution < -0.4 is 10.2 Å². The molecule has 6 nitrogen and oxygen atoms in total.